The molecule has 0 saturated heterocycles. The van der Waals surface area contributed by atoms with Gasteiger partial charge in [0.2, 0.25) is 0 Å². The topological polar surface area (TPSA) is 67.8 Å². The lowest BCUT2D eigenvalue weighted by atomic mass is 10.2. The fourth-order valence-corrected chi connectivity index (χ4v) is 2.65. The number of carboxylic acids is 1. The minimum atomic E-state index is -0.912. The maximum atomic E-state index is 13.0. The number of hydrogen-bond acceptors (Lipinski definition) is 4. The Morgan fingerprint density at radius 2 is 1.88 bits per heavy atom. The lowest BCUT2D eigenvalue weighted by Crippen LogP contribution is -2.33. The van der Waals surface area contributed by atoms with Crippen molar-refractivity contribution in [3.63, 3.8) is 0 Å². The highest BCUT2D eigenvalue weighted by Gasteiger charge is 2.14. The molecule has 0 bridgehead atoms. The van der Waals surface area contributed by atoms with E-state index in [0.717, 1.165) is 15.6 Å². The Hall–Kier alpha value is -2.12. The second kappa shape index (κ2) is 9.54. The second-order valence-electron chi connectivity index (χ2n) is 5.68. The predicted octanol–water partition coefficient (Wildman–Crippen LogP) is 4.13. The summed E-state index contributed by atoms with van der Waals surface area (Å²) in [5, 5.41) is 11.9. The molecule has 2 rings (SSSR count). The molecule has 2 N–H and O–H groups in total. The molecule has 0 heterocycles. The maximum Gasteiger partial charge on any atom is 0.320 e. The van der Waals surface area contributed by atoms with Gasteiger partial charge in [0, 0.05) is 11.0 Å². The summed E-state index contributed by atoms with van der Waals surface area (Å²) in [6, 6.07) is 9.04. The number of benzene rings is 2. The van der Waals surface area contributed by atoms with Gasteiger partial charge in [0.25, 0.3) is 0 Å². The van der Waals surface area contributed by atoms with Crippen molar-refractivity contribution in [1.82, 2.24) is 5.32 Å². The normalized spacial score (nSPS) is 11.8. The van der Waals surface area contributed by atoms with Crippen LogP contribution in [0, 0.1) is 5.82 Å². The van der Waals surface area contributed by atoms with E-state index in [1.807, 2.05) is 13.0 Å². The van der Waals surface area contributed by atoms with Crippen molar-refractivity contribution in [2.24, 2.45) is 0 Å². The zero-order chi connectivity index (χ0) is 19.1. The fourth-order valence-electron chi connectivity index (χ4n) is 2.19. The van der Waals surface area contributed by atoms with Crippen LogP contribution in [0.4, 0.5) is 4.39 Å². The SMILES string of the molecule is CCOc1cc(CNC(C)C(=O)O)c(Br)cc1OCc1ccc(F)cc1. The number of ether oxygens (including phenoxy) is 2. The van der Waals surface area contributed by atoms with Crippen LogP contribution in [0.1, 0.15) is 25.0 Å². The standard InChI is InChI=1S/C19H21BrFNO4/c1-3-25-17-8-14(10-22-12(2)19(23)24)16(20)9-18(17)26-11-13-4-6-15(21)7-5-13/h4-9,12,22H,3,10-11H2,1-2H3,(H,23,24). The molecule has 0 spiro atoms. The first-order chi connectivity index (χ1) is 12.4. The summed E-state index contributed by atoms with van der Waals surface area (Å²) in [6.45, 7) is 4.57. The Labute approximate surface area is 160 Å². The van der Waals surface area contributed by atoms with Gasteiger partial charge in [0.15, 0.2) is 11.5 Å². The van der Waals surface area contributed by atoms with Gasteiger partial charge in [-0.25, -0.2) is 4.39 Å². The van der Waals surface area contributed by atoms with E-state index in [2.05, 4.69) is 21.2 Å². The van der Waals surface area contributed by atoms with Crippen molar-refractivity contribution in [2.75, 3.05) is 6.61 Å². The smallest absolute Gasteiger partial charge is 0.320 e. The van der Waals surface area contributed by atoms with Crippen molar-refractivity contribution >= 4 is 21.9 Å². The number of hydrogen-bond donors (Lipinski definition) is 2. The molecular formula is C19H21BrFNO4. The lowest BCUT2D eigenvalue weighted by molar-refractivity contribution is -0.139. The number of carbonyl (C=O) groups is 1. The number of carboxylic acid groups (broad SMARTS) is 1. The molecule has 26 heavy (non-hydrogen) atoms. The first-order valence-electron chi connectivity index (χ1n) is 8.19. The maximum absolute atomic E-state index is 13.0. The van der Waals surface area contributed by atoms with Crippen LogP contribution in [0.25, 0.3) is 0 Å². The van der Waals surface area contributed by atoms with Crippen LogP contribution in [0.3, 0.4) is 0 Å². The van der Waals surface area contributed by atoms with Gasteiger partial charge in [-0.1, -0.05) is 28.1 Å². The summed E-state index contributed by atoms with van der Waals surface area (Å²) in [5.41, 5.74) is 1.70. The Morgan fingerprint density at radius 1 is 1.23 bits per heavy atom. The fraction of sp³-hybridized carbons (Fsp3) is 0.316. The molecule has 0 fully saturated rings. The van der Waals surface area contributed by atoms with E-state index >= 15 is 0 Å². The number of halogens is 2. The molecule has 7 heteroatoms. The first-order valence-corrected chi connectivity index (χ1v) is 8.98. The Morgan fingerprint density at radius 3 is 2.50 bits per heavy atom. The van der Waals surface area contributed by atoms with Gasteiger partial charge in [-0.05, 0) is 49.2 Å². The minimum Gasteiger partial charge on any atom is -0.490 e. The largest absolute Gasteiger partial charge is 0.490 e. The molecule has 140 valence electrons. The molecule has 0 aliphatic rings. The quantitative estimate of drug-likeness (QED) is 0.631. The third-order valence-electron chi connectivity index (χ3n) is 3.69. The third-order valence-corrected chi connectivity index (χ3v) is 4.43. The molecule has 0 radical (unpaired) electrons. The molecule has 0 aromatic heterocycles. The van der Waals surface area contributed by atoms with E-state index < -0.39 is 12.0 Å². The van der Waals surface area contributed by atoms with Gasteiger partial charge in [0.05, 0.1) is 6.61 Å². The molecule has 1 atom stereocenters. The van der Waals surface area contributed by atoms with Gasteiger partial charge >= 0.3 is 5.97 Å². The summed E-state index contributed by atoms with van der Waals surface area (Å²) < 4.78 is 25.2. The molecule has 2 aromatic rings. The van der Waals surface area contributed by atoms with Crippen LogP contribution < -0.4 is 14.8 Å². The van der Waals surface area contributed by atoms with Gasteiger partial charge < -0.3 is 19.9 Å². The summed E-state index contributed by atoms with van der Waals surface area (Å²) >= 11 is 3.48. The molecular weight excluding hydrogens is 405 g/mol. The molecule has 5 nitrogen and oxygen atoms in total. The van der Waals surface area contributed by atoms with E-state index in [9.17, 15) is 9.18 Å². The van der Waals surface area contributed by atoms with E-state index in [1.165, 1.54) is 12.1 Å². The minimum absolute atomic E-state index is 0.278. The highest BCUT2D eigenvalue weighted by molar-refractivity contribution is 9.10. The van der Waals surface area contributed by atoms with Crippen molar-refractivity contribution in [3.8, 4) is 11.5 Å². The summed E-state index contributed by atoms with van der Waals surface area (Å²) in [4.78, 5) is 10.9. The van der Waals surface area contributed by atoms with Gasteiger partial charge in [-0.15, -0.1) is 0 Å². The average molecular weight is 426 g/mol. The molecule has 1 unspecified atom stereocenters. The van der Waals surface area contributed by atoms with Crippen LogP contribution in [0.5, 0.6) is 11.5 Å². The van der Waals surface area contributed by atoms with E-state index in [0.29, 0.717) is 24.7 Å². The highest BCUT2D eigenvalue weighted by atomic mass is 79.9. The summed E-state index contributed by atoms with van der Waals surface area (Å²) in [5.74, 6) is -0.0833. The molecule has 0 amide bonds. The van der Waals surface area contributed by atoms with Crippen LogP contribution >= 0.6 is 15.9 Å². The van der Waals surface area contributed by atoms with Crippen molar-refractivity contribution in [3.05, 3.63) is 57.8 Å². The van der Waals surface area contributed by atoms with Crippen molar-refractivity contribution in [1.29, 1.82) is 0 Å². The summed E-state index contributed by atoms with van der Waals surface area (Å²) in [6.07, 6.45) is 0. The Bertz CT molecular complexity index is 752. The van der Waals surface area contributed by atoms with Crippen molar-refractivity contribution < 1.29 is 23.8 Å². The van der Waals surface area contributed by atoms with Crippen LogP contribution in [0.2, 0.25) is 0 Å². The molecule has 0 aliphatic heterocycles. The van der Waals surface area contributed by atoms with E-state index in [-0.39, 0.29) is 12.4 Å². The van der Waals surface area contributed by atoms with Crippen molar-refractivity contribution in [2.45, 2.75) is 33.0 Å². The van der Waals surface area contributed by atoms with Gasteiger partial charge in [-0.3, -0.25) is 4.79 Å². The zero-order valence-corrected chi connectivity index (χ0v) is 16.2. The monoisotopic (exact) mass is 425 g/mol. The number of rotatable bonds is 9. The average Bonchev–Trinajstić information content (AvgIpc) is 2.61. The number of aliphatic carboxylic acids is 1. The summed E-state index contributed by atoms with van der Waals surface area (Å²) in [7, 11) is 0. The van der Waals surface area contributed by atoms with E-state index in [4.69, 9.17) is 14.6 Å². The Kier molecular flexibility index (Phi) is 7.41. The van der Waals surface area contributed by atoms with Crippen LogP contribution in [-0.2, 0) is 17.9 Å². The van der Waals surface area contributed by atoms with E-state index in [1.54, 1.807) is 25.1 Å². The molecule has 0 aliphatic carbocycles. The molecule has 2 aromatic carbocycles. The number of nitrogens with one attached hydrogen (secondary N) is 1. The van der Waals surface area contributed by atoms with Crippen LogP contribution in [-0.4, -0.2) is 23.7 Å². The van der Waals surface area contributed by atoms with Gasteiger partial charge in [0.1, 0.15) is 18.5 Å². The third kappa shape index (κ3) is 5.71. The zero-order valence-electron chi connectivity index (χ0n) is 14.6. The van der Waals surface area contributed by atoms with Crippen LogP contribution in [0.15, 0.2) is 40.9 Å². The highest BCUT2D eigenvalue weighted by Crippen LogP contribution is 2.34. The first kappa shape index (κ1) is 20.2. The molecule has 0 saturated carbocycles. The Balaban J connectivity index is 2.13. The van der Waals surface area contributed by atoms with Gasteiger partial charge in [-0.2, -0.15) is 0 Å². The lowest BCUT2D eigenvalue weighted by Gasteiger charge is -2.16. The second-order valence-corrected chi connectivity index (χ2v) is 6.53. The predicted molar refractivity (Wildman–Crippen MR) is 100.0 cm³/mol.